The zero-order chi connectivity index (χ0) is 21.3. The second-order valence-electron chi connectivity index (χ2n) is 6.27. The van der Waals surface area contributed by atoms with Gasteiger partial charge in [-0.3, -0.25) is 4.40 Å². The quantitative estimate of drug-likeness (QED) is 0.438. The van der Waals surface area contributed by atoms with E-state index in [1.807, 2.05) is 0 Å². The number of hydrogen-bond donors (Lipinski definition) is 1. The van der Waals surface area contributed by atoms with Crippen molar-refractivity contribution in [2.75, 3.05) is 12.4 Å². The van der Waals surface area contributed by atoms with E-state index in [4.69, 9.17) is 11.3 Å². The molecule has 0 aliphatic heterocycles. The molecule has 1 N–H and O–H groups in total. The number of aromatic nitrogens is 3. The summed E-state index contributed by atoms with van der Waals surface area (Å²) in [5, 5.41) is 2.99. The van der Waals surface area contributed by atoms with Crippen LogP contribution in [-0.2, 0) is 6.18 Å². The maximum absolute atomic E-state index is 13.7. The van der Waals surface area contributed by atoms with Crippen molar-refractivity contribution in [1.29, 1.82) is 0 Å². The molecule has 0 fully saturated rings. The molecule has 0 bridgehead atoms. The molecule has 0 saturated carbocycles. The predicted molar refractivity (Wildman–Crippen MR) is 106 cm³/mol. The number of pyridine rings is 2. The zero-order valence-electron chi connectivity index (χ0n) is 15.6. The van der Waals surface area contributed by atoms with Crippen LogP contribution in [0.2, 0.25) is 0 Å². The lowest BCUT2D eigenvalue weighted by atomic mass is 10.2. The van der Waals surface area contributed by atoms with E-state index in [1.165, 1.54) is 28.8 Å². The fraction of sp³-hybridized carbons (Fsp3) is 0.0952. The minimum absolute atomic E-state index is 0.0458. The molecule has 9 heteroatoms. The van der Waals surface area contributed by atoms with Crippen molar-refractivity contribution in [1.82, 2.24) is 14.4 Å². The first-order valence-electron chi connectivity index (χ1n) is 8.75. The monoisotopic (exact) mass is 409 g/mol. The fourth-order valence-corrected chi connectivity index (χ4v) is 3.02. The van der Waals surface area contributed by atoms with Crippen LogP contribution in [0, 0.1) is 6.57 Å². The largest absolute Gasteiger partial charge is 0.497 e. The minimum atomic E-state index is -4.66. The van der Waals surface area contributed by atoms with Crippen LogP contribution >= 0.6 is 0 Å². The summed E-state index contributed by atoms with van der Waals surface area (Å²) in [6.07, 6.45) is -3.17. The van der Waals surface area contributed by atoms with E-state index in [2.05, 4.69) is 20.1 Å². The van der Waals surface area contributed by atoms with Crippen LogP contribution in [0.25, 0.3) is 21.9 Å². The first-order valence-corrected chi connectivity index (χ1v) is 8.75. The van der Waals surface area contributed by atoms with Gasteiger partial charge in [0.2, 0.25) is 5.69 Å². The summed E-state index contributed by atoms with van der Waals surface area (Å²) in [5.74, 6) is 0.792. The summed E-state index contributed by atoms with van der Waals surface area (Å²) < 4.78 is 47.4. The molecule has 6 nitrogen and oxygen atoms in total. The number of alkyl halides is 3. The summed E-state index contributed by atoms with van der Waals surface area (Å²) in [7, 11) is 1.54. The van der Waals surface area contributed by atoms with Crippen LogP contribution in [0.15, 0.2) is 60.8 Å². The Hall–Kier alpha value is -4.06. The van der Waals surface area contributed by atoms with Crippen molar-refractivity contribution in [3.63, 3.8) is 0 Å². The van der Waals surface area contributed by atoms with Gasteiger partial charge in [-0.25, -0.2) is 14.8 Å². The second kappa shape index (κ2) is 7.40. The molecule has 1 aromatic carbocycles. The fourth-order valence-electron chi connectivity index (χ4n) is 3.02. The number of imidazole rings is 1. The van der Waals surface area contributed by atoms with Gasteiger partial charge in [-0.1, -0.05) is 12.1 Å². The average Bonchev–Trinajstić information content (AvgIpc) is 3.14. The first kappa shape index (κ1) is 19.3. The summed E-state index contributed by atoms with van der Waals surface area (Å²) in [6, 6.07) is 14.4. The van der Waals surface area contributed by atoms with Gasteiger partial charge in [0, 0.05) is 11.9 Å². The zero-order valence-corrected chi connectivity index (χ0v) is 15.6. The topological polar surface area (TPSA) is 55.8 Å². The number of anilines is 2. The van der Waals surface area contributed by atoms with E-state index < -0.39 is 11.9 Å². The van der Waals surface area contributed by atoms with Crippen molar-refractivity contribution < 1.29 is 17.9 Å². The molecule has 4 aromatic rings. The highest BCUT2D eigenvalue weighted by atomic mass is 19.4. The summed E-state index contributed by atoms with van der Waals surface area (Å²) in [6.45, 7) is 7.36. The summed E-state index contributed by atoms with van der Waals surface area (Å²) >= 11 is 0. The van der Waals surface area contributed by atoms with E-state index in [-0.39, 0.29) is 28.5 Å². The van der Waals surface area contributed by atoms with Crippen LogP contribution in [-0.4, -0.2) is 21.5 Å². The molecule has 3 heterocycles. The number of nitrogens with one attached hydrogen (secondary N) is 1. The molecule has 0 atom stereocenters. The SMILES string of the molecule is [C-]#[N+]c1ccc(-c2c(C(F)(F)F)nc3ccccn23)nc1Nc1ccc(OC)cc1. The number of rotatable bonds is 4. The molecule has 3 aromatic heterocycles. The van der Waals surface area contributed by atoms with Gasteiger partial charge in [-0.15, -0.1) is 0 Å². The summed E-state index contributed by atoms with van der Waals surface area (Å²) in [5.41, 5.74) is -0.235. The van der Waals surface area contributed by atoms with Gasteiger partial charge in [0.25, 0.3) is 0 Å². The standard InChI is InChI=1S/C21H14F3N5O/c1-25-16-11-10-15(27-20(16)26-13-6-8-14(30-2)9-7-13)18-19(21(22,23)24)28-17-5-3-4-12-29(17)18/h3-12H,2H3,(H,26,27). The van der Waals surface area contributed by atoms with Crippen molar-refractivity contribution >= 4 is 22.8 Å². The number of ether oxygens (including phenoxy) is 1. The average molecular weight is 409 g/mol. The molecule has 0 aliphatic carbocycles. The van der Waals surface area contributed by atoms with Gasteiger partial charge < -0.3 is 10.1 Å². The number of hydrogen-bond acceptors (Lipinski definition) is 4. The third-order valence-corrected chi connectivity index (χ3v) is 4.39. The van der Waals surface area contributed by atoms with E-state index >= 15 is 0 Å². The van der Waals surface area contributed by atoms with Crippen LogP contribution in [0.3, 0.4) is 0 Å². The lowest BCUT2D eigenvalue weighted by molar-refractivity contribution is -0.140. The van der Waals surface area contributed by atoms with Gasteiger partial charge in [-0.2, -0.15) is 13.2 Å². The highest BCUT2D eigenvalue weighted by Gasteiger charge is 2.38. The van der Waals surface area contributed by atoms with Crippen LogP contribution in [0.5, 0.6) is 5.75 Å². The second-order valence-corrected chi connectivity index (χ2v) is 6.27. The molecule has 150 valence electrons. The number of halogens is 3. The Bertz CT molecular complexity index is 1260. The number of nitrogens with zero attached hydrogens (tertiary/aromatic N) is 4. The van der Waals surface area contributed by atoms with Crippen LogP contribution in [0.1, 0.15) is 5.69 Å². The number of methoxy groups -OCH3 is 1. The van der Waals surface area contributed by atoms with Gasteiger partial charge in [-0.05, 0) is 42.5 Å². The first-order chi connectivity index (χ1) is 14.4. The smallest absolute Gasteiger partial charge is 0.435 e. The van der Waals surface area contributed by atoms with Crippen LogP contribution < -0.4 is 10.1 Å². The Balaban J connectivity index is 1.85. The van der Waals surface area contributed by atoms with Crippen molar-refractivity contribution in [2.45, 2.75) is 6.18 Å². The molecule has 4 rings (SSSR count). The van der Waals surface area contributed by atoms with E-state index in [0.29, 0.717) is 11.4 Å². The molecule has 0 saturated heterocycles. The maximum atomic E-state index is 13.7. The highest BCUT2D eigenvalue weighted by Crippen LogP contribution is 2.38. The number of benzene rings is 1. The molecular formula is C21H14F3N5O. The molecule has 0 amide bonds. The van der Waals surface area contributed by atoms with Gasteiger partial charge in [0.1, 0.15) is 22.9 Å². The maximum Gasteiger partial charge on any atom is 0.435 e. The molecule has 0 radical (unpaired) electrons. The van der Waals surface area contributed by atoms with E-state index in [1.54, 1.807) is 43.5 Å². The Labute approximate surface area is 169 Å². The Morgan fingerprint density at radius 2 is 1.80 bits per heavy atom. The highest BCUT2D eigenvalue weighted by molar-refractivity contribution is 5.76. The predicted octanol–water partition coefficient (Wildman–Crippen LogP) is 5.72. The van der Waals surface area contributed by atoms with Gasteiger partial charge in [0.05, 0.1) is 19.4 Å². The molecule has 0 aliphatic rings. The lowest BCUT2D eigenvalue weighted by Crippen LogP contribution is -2.08. The van der Waals surface area contributed by atoms with Crippen molar-refractivity contribution in [3.05, 3.63) is 77.9 Å². The van der Waals surface area contributed by atoms with Gasteiger partial charge >= 0.3 is 6.18 Å². The molecular weight excluding hydrogens is 395 g/mol. The lowest BCUT2D eigenvalue weighted by Gasteiger charge is -2.12. The molecule has 0 unspecified atom stereocenters. The Kier molecular flexibility index (Phi) is 4.75. The van der Waals surface area contributed by atoms with Crippen molar-refractivity contribution in [3.8, 4) is 17.1 Å². The normalized spacial score (nSPS) is 11.3. The van der Waals surface area contributed by atoms with E-state index in [9.17, 15) is 13.2 Å². The third-order valence-electron chi connectivity index (χ3n) is 4.39. The summed E-state index contributed by atoms with van der Waals surface area (Å²) in [4.78, 5) is 11.5. The Morgan fingerprint density at radius 1 is 1.03 bits per heavy atom. The van der Waals surface area contributed by atoms with E-state index in [0.717, 1.165) is 0 Å². The van der Waals surface area contributed by atoms with Crippen LogP contribution in [0.4, 0.5) is 30.4 Å². The minimum Gasteiger partial charge on any atom is -0.497 e. The molecule has 0 spiro atoms. The third kappa shape index (κ3) is 3.51. The van der Waals surface area contributed by atoms with Gasteiger partial charge in [0.15, 0.2) is 5.69 Å². The number of fused-ring (bicyclic) bond motifs is 1. The van der Waals surface area contributed by atoms with Crippen molar-refractivity contribution in [2.24, 2.45) is 0 Å². The Morgan fingerprint density at radius 3 is 2.47 bits per heavy atom. The molecule has 30 heavy (non-hydrogen) atoms.